The fourth-order valence-corrected chi connectivity index (χ4v) is 3.19. The Kier molecular flexibility index (Phi) is 6.95. The molecule has 1 heterocycles. The number of ether oxygens (including phenoxy) is 1. The molecule has 2 aromatic rings. The first kappa shape index (κ1) is 17.1. The van der Waals surface area contributed by atoms with Crippen molar-refractivity contribution in [2.45, 2.75) is 4.90 Å². The molecule has 0 radical (unpaired) electrons. The average molecular weight is 400 g/mol. The summed E-state index contributed by atoms with van der Waals surface area (Å²) in [5.74, 6) is -0.00751. The lowest BCUT2D eigenvalue weighted by atomic mass is 10.3. The lowest BCUT2D eigenvalue weighted by Gasteiger charge is -2.06. The van der Waals surface area contributed by atoms with Gasteiger partial charge in [-0.25, -0.2) is 4.79 Å². The van der Waals surface area contributed by atoms with Crippen LogP contribution < -0.4 is 5.32 Å². The minimum atomic E-state index is -0.472. The first-order chi connectivity index (χ1) is 10.6. The third-order valence-corrected chi connectivity index (χ3v) is 4.82. The van der Waals surface area contributed by atoms with Crippen LogP contribution >= 0.6 is 39.0 Å². The second kappa shape index (κ2) is 8.97. The zero-order chi connectivity index (χ0) is 15.8. The second-order valence-corrected chi connectivity index (χ2v) is 7.10. The highest BCUT2D eigenvalue weighted by molar-refractivity contribution is 9.10. The molecule has 0 saturated carbocycles. The molecule has 1 aromatic heterocycles. The molecule has 0 bridgehead atoms. The number of rotatable bonds is 7. The Morgan fingerprint density at radius 2 is 2.00 bits per heavy atom. The Balaban J connectivity index is 1.59. The molecule has 0 spiro atoms. The minimum absolute atomic E-state index is 0.252. The summed E-state index contributed by atoms with van der Waals surface area (Å²) in [7, 11) is 0. The Hall–Kier alpha value is -1.31. The normalized spacial score (nSPS) is 10.2. The van der Waals surface area contributed by atoms with Crippen molar-refractivity contribution in [3.63, 3.8) is 0 Å². The molecule has 1 N–H and O–H groups in total. The smallest absolute Gasteiger partial charge is 0.339 e. The van der Waals surface area contributed by atoms with E-state index in [-0.39, 0.29) is 12.5 Å². The number of benzene rings is 1. The van der Waals surface area contributed by atoms with Crippen molar-refractivity contribution in [2.75, 3.05) is 18.9 Å². The lowest BCUT2D eigenvalue weighted by molar-refractivity contribution is -0.124. The van der Waals surface area contributed by atoms with Gasteiger partial charge in [0.05, 0.1) is 5.56 Å². The van der Waals surface area contributed by atoms with Crippen LogP contribution in [0.25, 0.3) is 0 Å². The molecule has 0 atom stereocenters. The number of thiophene rings is 1. The van der Waals surface area contributed by atoms with Gasteiger partial charge in [-0.1, -0.05) is 15.9 Å². The Bertz CT molecular complexity index is 614. The number of esters is 1. The van der Waals surface area contributed by atoms with E-state index in [4.69, 9.17) is 4.74 Å². The van der Waals surface area contributed by atoms with Crippen LogP contribution in [0.2, 0.25) is 0 Å². The number of carbonyl (C=O) groups is 2. The monoisotopic (exact) mass is 399 g/mol. The van der Waals surface area contributed by atoms with Gasteiger partial charge in [0.2, 0.25) is 0 Å². The van der Waals surface area contributed by atoms with Crippen molar-refractivity contribution in [2.24, 2.45) is 0 Å². The molecule has 0 aliphatic rings. The second-order valence-electron chi connectivity index (χ2n) is 4.24. The van der Waals surface area contributed by atoms with Crippen LogP contribution in [-0.2, 0) is 9.53 Å². The van der Waals surface area contributed by atoms with E-state index in [0.717, 1.165) is 15.1 Å². The SMILES string of the molecule is O=C(COC(=O)c1ccsc1)NCCSc1ccc(Br)cc1. The highest BCUT2D eigenvalue weighted by atomic mass is 79.9. The van der Waals surface area contributed by atoms with Crippen molar-refractivity contribution in [1.82, 2.24) is 5.32 Å². The Labute approximate surface area is 145 Å². The van der Waals surface area contributed by atoms with Crippen LogP contribution in [0, 0.1) is 0 Å². The number of hydrogen-bond acceptors (Lipinski definition) is 5. The summed E-state index contributed by atoms with van der Waals surface area (Å²) in [5, 5.41) is 6.20. The van der Waals surface area contributed by atoms with Crippen LogP contribution in [0.1, 0.15) is 10.4 Å². The third-order valence-electron chi connectivity index (χ3n) is 2.60. The molecule has 4 nitrogen and oxygen atoms in total. The molecule has 116 valence electrons. The largest absolute Gasteiger partial charge is 0.452 e. The molecular weight excluding hydrogens is 386 g/mol. The van der Waals surface area contributed by atoms with Crippen molar-refractivity contribution in [3.8, 4) is 0 Å². The molecule has 0 aliphatic carbocycles. The van der Waals surface area contributed by atoms with Gasteiger partial charge in [0, 0.05) is 27.0 Å². The van der Waals surface area contributed by atoms with Crippen molar-refractivity contribution in [3.05, 3.63) is 51.1 Å². The minimum Gasteiger partial charge on any atom is -0.452 e. The maximum absolute atomic E-state index is 11.6. The van der Waals surface area contributed by atoms with E-state index in [2.05, 4.69) is 21.2 Å². The van der Waals surface area contributed by atoms with E-state index >= 15 is 0 Å². The number of amides is 1. The van der Waals surface area contributed by atoms with E-state index < -0.39 is 5.97 Å². The van der Waals surface area contributed by atoms with Gasteiger partial charge in [-0.3, -0.25) is 4.79 Å². The molecule has 7 heteroatoms. The summed E-state index contributed by atoms with van der Waals surface area (Å²) >= 11 is 6.44. The molecule has 0 aliphatic heterocycles. The molecule has 1 amide bonds. The van der Waals surface area contributed by atoms with Crippen LogP contribution in [0.5, 0.6) is 0 Å². The van der Waals surface area contributed by atoms with Gasteiger partial charge < -0.3 is 10.1 Å². The molecule has 0 fully saturated rings. The summed E-state index contributed by atoms with van der Waals surface area (Å²) in [6, 6.07) is 9.65. The van der Waals surface area contributed by atoms with E-state index in [0.29, 0.717) is 12.1 Å². The third kappa shape index (κ3) is 5.82. The van der Waals surface area contributed by atoms with Gasteiger partial charge in [-0.2, -0.15) is 11.3 Å². The fourth-order valence-electron chi connectivity index (χ4n) is 1.54. The predicted octanol–water partition coefficient (Wildman–Crippen LogP) is 3.58. The Morgan fingerprint density at radius 1 is 1.23 bits per heavy atom. The van der Waals surface area contributed by atoms with Crippen molar-refractivity contribution < 1.29 is 14.3 Å². The number of carbonyl (C=O) groups excluding carboxylic acids is 2. The number of thioether (sulfide) groups is 1. The molecule has 0 unspecified atom stereocenters. The molecular formula is C15H14BrNO3S2. The first-order valence-corrected chi connectivity index (χ1v) is 9.21. The van der Waals surface area contributed by atoms with Gasteiger partial charge in [0.25, 0.3) is 5.91 Å². The zero-order valence-corrected chi connectivity index (χ0v) is 14.8. The van der Waals surface area contributed by atoms with E-state index in [1.54, 1.807) is 28.6 Å². The maximum atomic E-state index is 11.6. The van der Waals surface area contributed by atoms with Crippen LogP contribution in [-0.4, -0.2) is 30.8 Å². The lowest BCUT2D eigenvalue weighted by Crippen LogP contribution is -2.30. The molecule has 2 rings (SSSR count). The van der Waals surface area contributed by atoms with Gasteiger partial charge in [0.15, 0.2) is 6.61 Å². The molecule has 1 aromatic carbocycles. The van der Waals surface area contributed by atoms with E-state index in [1.807, 2.05) is 24.3 Å². The molecule has 22 heavy (non-hydrogen) atoms. The van der Waals surface area contributed by atoms with Crippen LogP contribution in [0.4, 0.5) is 0 Å². The topological polar surface area (TPSA) is 55.4 Å². The maximum Gasteiger partial charge on any atom is 0.339 e. The number of hydrogen-bond donors (Lipinski definition) is 1. The van der Waals surface area contributed by atoms with E-state index in [1.165, 1.54) is 11.3 Å². The van der Waals surface area contributed by atoms with Gasteiger partial charge in [-0.05, 0) is 35.7 Å². The zero-order valence-electron chi connectivity index (χ0n) is 11.6. The van der Waals surface area contributed by atoms with Crippen LogP contribution in [0.3, 0.4) is 0 Å². The first-order valence-electron chi connectivity index (χ1n) is 6.49. The highest BCUT2D eigenvalue weighted by Crippen LogP contribution is 2.19. The Morgan fingerprint density at radius 3 is 2.68 bits per heavy atom. The van der Waals surface area contributed by atoms with Gasteiger partial charge in [0.1, 0.15) is 0 Å². The van der Waals surface area contributed by atoms with Gasteiger partial charge >= 0.3 is 5.97 Å². The summed E-state index contributed by atoms with van der Waals surface area (Å²) in [6.07, 6.45) is 0. The van der Waals surface area contributed by atoms with Crippen molar-refractivity contribution >= 4 is 50.9 Å². The summed E-state index contributed by atoms with van der Waals surface area (Å²) in [6.45, 7) is 0.271. The quantitative estimate of drug-likeness (QED) is 0.439. The van der Waals surface area contributed by atoms with E-state index in [9.17, 15) is 9.59 Å². The fraction of sp³-hybridized carbons (Fsp3) is 0.200. The summed E-state index contributed by atoms with van der Waals surface area (Å²) in [4.78, 5) is 24.3. The average Bonchev–Trinajstić information content (AvgIpc) is 3.05. The summed E-state index contributed by atoms with van der Waals surface area (Å²) < 4.78 is 5.96. The van der Waals surface area contributed by atoms with Crippen LogP contribution in [0.15, 0.2) is 50.5 Å². The summed E-state index contributed by atoms with van der Waals surface area (Å²) in [5.41, 5.74) is 0.476. The molecule has 0 saturated heterocycles. The van der Waals surface area contributed by atoms with Gasteiger partial charge in [-0.15, -0.1) is 11.8 Å². The number of halogens is 1. The van der Waals surface area contributed by atoms with Crippen molar-refractivity contribution in [1.29, 1.82) is 0 Å². The standard InChI is InChI=1S/C15H14BrNO3S2/c16-12-1-3-13(4-2-12)22-8-6-17-14(18)9-20-15(19)11-5-7-21-10-11/h1-5,7,10H,6,8-9H2,(H,17,18). The highest BCUT2D eigenvalue weighted by Gasteiger charge is 2.09. The predicted molar refractivity (Wildman–Crippen MR) is 92.5 cm³/mol. The number of nitrogens with one attached hydrogen (secondary N) is 1.